The van der Waals surface area contributed by atoms with Crippen molar-refractivity contribution in [1.29, 1.82) is 0 Å². The Morgan fingerprint density at radius 2 is 1.83 bits per heavy atom. The Morgan fingerprint density at radius 3 is 2.28 bits per heavy atom. The molecular formula is C10H15N3O4S. The molecule has 0 aromatic heterocycles. The molecular weight excluding hydrogens is 258 g/mol. The maximum atomic E-state index is 11.9. The van der Waals surface area contributed by atoms with Crippen LogP contribution in [0.25, 0.3) is 0 Å². The minimum Gasteiger partial charge on any atom is -0.478 e. The van der Waals surface area contributed by atoms with E-state index in [0.717, 1.165) is 8.61 Å². The fourth-order valence-electron chi connectivity index (χ4n) is 1.37. The number of nitrogens with two attached hydrogens (primary N) is 1. The summed E-state index contributed by atoms with van der Waals surface area (Å²) in [6.45, 7) is 0. The van der Waals surface area contributed by atoms with Gasteiger partial charge < -0.3 is 10.8 Å². The van der Waals surface area contributed by atoms with Crippen LogP contribution in [0.3, 0.4) is 0 Å². The standard InChI is InChI=1S/C10H15N3O4S/c1-12(2)18(16,17)13(3)9-5-4-7(11)6-8(9)10(14)15/h4-6H,11H2,1-3H3,(H,14,15). The van der Waals surface area contributed by atoms with E-state index in [0.29, 0.717) is 0 Å². The van der Waals surface area contributed by atoms with E-state index >= 15 is 0 Å². The number of anilines is 2. The molecule has 0 atom stereocenters. The molecule has 0 saturated heterocycles. The minimum absolute atomic E-state index is 0.0606. The SMILES string of the molecule is CN(C)S(=O)(=O)N(C)c1ccc(N)cc1C(=O)O. The molecule has 7 nitrogen and oxygen atoms in total. The zero-order valence-electron chi connectivity index (χ0n) is 10.3. The number of benzene rings is 1. The van der Waals surface area contributed by atoms with Crippen LogP contribution in [-0.4, -0.2) is 44.9 Å². The zero-order chi connectivity index (χ0) is 14.1. The van der Waals surface area contributed by atoms with Crippen LogP contribution in [0.1, 0.15) is 10.4 Å². The van der Waals surface area contributed by atoms with Crippen molar-refractivity contribution in [3.63, 3.8) is 0 Å². The third-order valence-electron chi connectivity index (χ3n) is 2.40. The summed E-state index contributed by atoms with van der Waals surface area (Å²) in [5, 5.41) is 9.05. The van der Waals surface area contributed by atoms with Gasteiger partial charge in [-0.3, -0.25) is 4.31 Å². The summed E-state index contributed by atoms with van der Waals surface area (Å²) in [5.41, 5.74) is 5.65. The Labute approximate surface area is 106 Å². The van der Waals surface area contributed by atoms with Crippen LogP contribution in [-0.2, 0) is 10.2 Å². The lowest BCUT2D eigenvalue weighted by molar-refractivity contribution is 0.0698. The Morgan fingerprint density at radius 1 is 1.28 bits per heavy atom. The van der Waals surface area contributed by atoms with Crippen molar-refractivity contribution in [1.82, 2.24) is 4.31 Å². The molecule has 18 heavy (non-hydrogen) atoms. The first-order chi connectivity index (χ1) is 8.17. The lowest BCUT2D eigenvalue weighted by Crippen LogP contribution is -2.38. The van der Waals surface area contributed by atoms with E-state index in [1.165, 1.54) is 39.3 Å². The third kappa shape index (κ3) is 2.54. The summed E-state index contributed by atoms with van der Waals surface area (Å²) in [4.78, 5) is 11.1. The van der Waals surface area contributed by atoms with Crippen LogP contribution in [0, 0.1) is 0 Å². The normalized spacial score (nSPS) is 11.6. The number of carboxylic acid groups (broad SMARTS) is 1. The van der Waals surface area contributed by atoms with Crippen molar-refractivity contribution in [3.05, 3.63) is 23.8 Å². The summed E-state index contributed by atoms with van der Waals surface area (Å²) in [5.74, 6) is -1.24. The quantitative estimate of drug-likeness (QED) is 0.763. The van der Waals surface area contributed by atoms with Gasteiger partial charge in [-0.25, -0.2) is 4.79 Å². The van der Waals surface area contributed by atoms with Gasteiger partial charge in [0.25, 0.3) is 0 Å². The molecule has 1 rings (SSSR count). The van der Waals surface area contributed by atoms with Gasteiger partial charge in [-0.15, -0.1) is 0 Å². The first kappa shape index (κ1) is 14.3. The summed E-state index contributed by atoms with van der Waals surface area (Å²) < 4.78 is 25.7. The highest BCUT2D eigenvalue weighted by atomic mass is 32.2. The molecule has 0 radical (unpaired) electrons. The molecule has 3 N–H and O–H groups in total. The molecule has 0 aliphatic carbocycles. The third-order valence-corrected chi connectivity index (χ3v) is 4.21. The molecule has 0 unspecified atom stereocenters. The maximum Gasteiger partial charge on any atom is 0.337 e. The first-order valence-corrected chi connectivity index (χ1v) is 6.37. The fraction of sp³-hybridized carbons (Fsp3) is 0.300. The van der Waals surface area contributed by atoms with E-state index in [1.807, 2.05) is 0 Å². The summed E-state index contributed by atoms with van der Waals surface area (Å²) in [6.07, 6.45) is 0. The van der Waals surface area contributed by atoms with E-state index in [2.05, 4.69) is 0 Å². The Bertz CT molecular complexity index is 568. The van der Waals surface area contributed by atoms with Crippen LogP contribution >= 0.6 is 0 Å². The Hall–Kier alpha value is -1.80. The second-order valence-electron chi connectivity index (χ2n) is 3.84. The second-order valence-corrected chi connectivity index (χ2v) is 6.01. The number of rotatable bonds is 4. The zero-order valence-corrected chi connectivity index (χ0v) is 11.1. The Balaban J connectivity index is 3.39. The van der Waals surface area contributed by atoms with Crippen molar-refractivity contribution in [2.45, 2.75) is 0 Å². The van der Waals surface area contributed by atoms with Crippen LogP contribution in [0.5, 0.6) is 0 Å². The number of hydrogen-bond acceptors (Lipinski definition) is 4. The van der Waals surface area contributed by atoms with Gasteiger partial charge in [-0.1, -0.05) is 0 Å². The molecule has 8 heteroatoms. The highest BCUT2D eigenvalue weighted by Gasteiger charge is 2.25. The number of carbonyl (C=O) groups is 1. The molecule has 1 aromatic carbocycles. The molecule has 1 aromatic rings. The molecule has 0 saturated carbocycles. The maximum absolute atomic E-state index is 11.9. The predicted octanol–water partition coefficient (Wildman–Crippen LogP) is 0.210. The van der Waals surface area contributed by atoms with E-state index in [4.69, 9.17) is 10.8 Å². The van der Waals surface area contributed by atoms with Gasteiger partial charge in [0.05, 0.1) is 11.3 Å². The fourth-order valence-corrected chi connectivity index (χ4v) is 2.27. The number of aromatic carboxylic acids is 1. The van der Waals surface area contributed by atoms with Crippen molar-refractivity contribution >= 4 is 27.6 Å². The van der Waals surface area contributed by atoms with Gasteiger partial charge >= 0.3 is 16.2 Å². The highest BCUT2D eigenvalue weighted by Crippen LogP contribution is 2.25. The topological polar surface area (TPSA) is 104 Å². The summed E-state index contributed by atoms with van der Waals surface area (Å²) >= 11 is 0. The molecule has 0 aliphatic heterocycles. The van der Waals surface area contributed by atoms with Gasteiger partial charge in [0.2, 0.25) is 0 Å². The molecule has 0 aliphatic rings. The summed E-state index contributed by atoms with van der Waals surface area (Å²) in [7, 11) is 0.278. The van der Waals surface area contributed by atoms with E-state index < -0.39 is 16.2 Å². The van der Waals surface area contributed by atoms with E-state index in [9.17, 15) is 13.2 Å². The lowest BCUT2D eigenvalue weighted by Gasteiger charge is -2.24. The molecule has 100 valence electrons. The second kappa shape index (κ2) is 4.83. The average Bonchev–Trinajstić information content (AvgIpc) is 2.27. The lowest BCUT2D eigenvalue weighted by atomic mass is 10.1. The highest BCUT2D eigenvalue weighted by molar-refractivity contribution is 7.90. The van der Waals surface area contributed by atoms with Crippen molar-refractivity contribution in [2.75, 3.05) is 31.2 Å². The average molecular weight is 273 g/mol. The van der Waals surface area contributed by atoms with Gasteiger partial charge in [-0.2, -0.15) is 12.7 Å². The number of nitrogen functional groups attached to an aromatic ring is 1. The van der Waals surface area contributed by atoms with Crippen molar-refractivity contribution < 1.29 is 18.3 Å². The molecule has 0 spiro atoms. The van der Waals surface area contributed by atoms with Crippen LogP contribution in [0.2, 0.25) is 0 Å². The molecule has 0 heterocycles. The van der Waals surface area contributed by atoms with Crippen molar-refractivity contribution in [3.8, 4) is 0 Å². The van der Waals surface area contributed by atoms with Gasteiger partial charge in [0.15, 0.2) is 0 Å². The van der Waals surface area contributed by atoms with Crippen molar-refractivity contribution in [2.24, 2.45) is 0 Å². The van der Waals surface area contributed by atoms with E-state index in [1.54, 1.807) is 0 Å². The molecule has 0 amide bonds. The van der Waals surface area contributed by atoms with Gasteiger partial charge in [0, 0.05) is 26.8 Å². The smallest absolute Gasteiger partial charge is 0.337 e. The van der Waals surface area contributed by atoms with E-state index in [-0.39, 0.29) is 16.9 Å². The largest absolute Gasteiger partial charge is 0.478 e. The minimum atomic E-state index is -3.74. The Kier molecular flexibility index (Phi) is 3.82. The molecule has 0 bridgehead atoms. The van der Waals surface area contributed by atoms with Gasteiger partial charge in [0.1, 0.15) is 0 Å². The van der Waals surface area contributed by atoms with Crippen LogP contribution in [0.15, 0.2) is 18.2 Å². The molecule has 0 fully saturated rings. The number of carboxylic acids is 1. The number of hydrogen-bond donors (Lipinski definition) is 2. The predicted molar refractivity (Wildman–Crippen MR) is 68.8 cm³/mol. The monoisotopic (exact) mass is 273 g/mol. The summed E-state index contributed by atoms with van der Waals surface area (Å²) in [6, 6.07) is 4.03. The number of nitrogens with zero attached hydrogens (tertiary/aromatic N) is 2. The van der Waals surface area contributed by atoms with Crippen LogP contribution < -0.4 is 10.0 Å². The van der Waals surface area contributed by atoms with Crippen LogP contribution in [0.4, 0.5) is 11.4 Å². The first-order valence-electron chi connectivity index (χ1n) is 4.97. The van der Waals surface area contributed by atoms with Gasteiger partial charge in [-0.05, 0) is 18.2 Å².